The summed E-state index contributed by atoms with van der Waals surface area (Å²) in [7, 11) is 0. The summed E-state index contributed by atoms with van der Waals surface area (Å²) in [6.45, 7) is 9.31. The van der Waals surface area contributed by atoms with Gasteiger partial charge in [-0.05, 0) is 49.9 Å². The van der Waals surface area contributed by atoms with E-state index >= 15 is 0 Å². The van der Waals surface area contributed by atoms with E-state index in [1.807, 2.05) is 19.1 Å². The van der Waals surface area contributed by atoms with Crippen LogP contribution in [0.15, 0.2) is 36.4 Å². The molecular weight excluding hydrogens is 456 g/mol. The minimum atomic E-state index is -0.427. The first-order chi connectivity index (χ1) is 14.4. The number of hydrogen-bond donors (Lipinski definition) is 0. The second-order valence-corrected chi connectivity index (χ2v) is 8.85. The Morgan fingerprint density at radius 3 is 2.55 bits per heavy atom. The average molecular weight is 481 g/mol. The van der Waals surface area contributed by atoms with Gasteiger partial charge in [0.25, 0.3) is 5.91 Å². The second kappa shape index (κ2) is 11.3. The summed E-state index contributed by atoms with van der Waals surface area (Å²) in [5.74, 6) is -0.186. The molecule has 31 heavy (non-hydrogen) atoms. The van der Waals surface area contributed by atoms with Crippen LogP contribution in [-0.2, 0) is 4.79 Å². The quantitative estimate of drug-likeness (QED) is 0.233. The Kier molecular flexibility index (Phi) is 9.12. The smallest absolute Gasteiger partial charge is 0.302 e. The molecule has 0 spiro atoms. The molecule has 2 heterocycles. The number of nitro groups is 1. The molecule has 10 heteroatoms. The van der Waals surface area contributed by atoms with Crippen LogP contribution in [0.5, 0.6) is 0 Å². The molecule has 0 radical (unpaired) electrons. The minimum absolute atomic E-state index is 0. The molecule has 0 unspecified atom stereocenters. The van der Waals surface area contributed by atoms with Crippen LogP contribution in [-0.4, -0.2) is 46.9 Å². The van der Waals surface area contributed by atoms with Gasteiger partial charge in [-0.15, -0.1) is 12.4 Å². The Morgan fingerprint density at radius 1 is 1.16 bits per heavy atom. The van der Waals surface area contributed by atoms with Crippen molar-refractivity contribution in [3.63, 3.8) is 0 Å². The maximum atomic E-state index is 13.0. The van der Waals surface area contributed by atoms with Crippen LogP contribution in [0.3, 0.4) is 0 Å². The number of aromatic nitrogens is 1. The molecule has 0 aliphatic rings. The molecule has 3 rings (SSSR count). The Balaban J connectivity index is 0.00000341. The fourth-order valence-electron chi connectivity index (χ4n) is 2.99. The average Bonchev–Trinajstić information content (AvgIpc) is 3.36. The van der Waals surface area contributed by atoms with Gasteiger partial charge in [0.1, 0.15) is 0 Å². The number of carbonyl (C=O) groups is 1. The van der Waals surface area contributed by atoms with E-state index in [-0.39, 0.29) is 23.3 Å². The third kappa shape index (κ3) is 6.33. The number of amides is 1. The first kappa shape index (κ1) is 24.9. The molecule has 0 aliphatic carbocycles. The number of anilines is 1. The van der Waals surface area contributed by atoms with Crippen molar-refractivity contribution in [3.05, 3.63) is 57.0 Å². The van der Waals surface area contributed by atoms with Gasteiger partial charge in [-0.3, -0.25) is 19.8 Å². The lowest BCUT2D eigenvalue weighted by Crippen LogP contribution is -2.38. The number of benzene rings is 1. The number of hydrogen-bond acceptors (Lipinski definition) is 7. The molecule has 0 atom stereocenters. The number of thiazole rings is 1. The van der Waals surface area contributed by atoms with E-state index in [9.17, 15) is 14.9 Å². The van der Waals surface area contributed by atoms with Crippen LogP contribution in [0.4, 0.5) is 10.1 Å². The molecule has 0 saturated carbocycles. The van der Waals surface area contributed by atoms with E-state index in [1.165, 1.54) is 23.5 Å². The number of nitrogens with zero attached hydrogens (tertiary/aromatic N) is 4. The van der Waals surface area contributed by atoms with Crippen molar-refractivity contribution in [2.45, 2.75) is 20.8 Å². The minimum Gasteiger partial charge on any atom is -0.302 e. The van der Waals surface area contributed by atoms with Gasteiger partial charge in [0.05, 0.1) is 15.1 Å². The van der Waals surface area contributed by atoms with Gasteiger partial charge in [-0.1, -0.05) is 42.6 Å². The predicted octanol–water partition coefficient (Wildman–Crippen LogP) is 5.38. The highest BCUT2D eigenvalue weighted by atomic mass is 35.5. The van der Waals surface area contributed by atoms with E-state index in [0.29, 0.717) is 16.6 Å². The van der Waals surface area contributed by atoms with Gasteiger partial charge in [-0.2, -0.15) is 0 Å². The van der Waals surface area contributed by atoms with E-state index in [2.05, 4.69) is 29.8 Å². The number of rotatable bonds is 9. The standard InChI is InChI=1S/C21H24N4O3S2.ClH/c1-4-23(5-2)12-13-24(21-22-17-9-6-15(3)14-18(17)30-21)19(26)10-7-16-8-11-20(29-16)25(27)28;/h6-11,14H,4-5,12-13H2,1-3H3;1H. The number of halogens is 1. The molecule has 1 aromatic carbocycles. The first-order valence-electron chi connectivity index (χ1n) is 9.74. The van der Waals surface area contributed by atoms with Gasteiger partial charge in [-0.25, -0.2) is 4.98 Å². The number of likely N-dealkylation sites (N-methyl/N-ethyl adjacent to an activating group) is 1. The third-order valence-electron chi connectivity index (χ3n) is 4.75. The fraction of sp³-hybridized carbons (Fsp3) is 0.333. The summed E-state index contributed by atoms with van der Waals surface area (Å²) >= 11 is 2.54. The molecule has 0 saturated heterocycles. The SMILES string of the molecule is CCN(CC)CCN(C(=O)C=Cc1ccc([N+](=O)[O-])s1)c1nc2ccc(C)cc2s1.Cl. The van der Waals surface area contributed by atoms with Gasteiger partial charge >= 0.3 is 5.00 Å². The number of aryl methyl sites for hydroxylation is 1. The first-order valence-corrected chi connectivity index (χ1v) is 11.4. The number of thiophene rings is 1. The summed E-state index contributed by atoms with van der Waals surface area (Å²) in [6, 6.07) is 9.15. The van der Waals surface area contributed by atoms with Crippen molar-refractivity contribution >= 4 is 67.4 Å². The number of fused-ring (bicyclic) bond motifs is 1. The highest BCUT2D eigenvalue weighted by Crippen LogP contribution is 2.30. The molecule has 1 amide bonds. The maximum Gasteiger partial charge on any atom is 0.324 e. The van der Waals surface area contributed by atoms with Crippen LogP contribution in [0, 0.1) is 17.0 Å². The number of carbonyl (C=O) groups excluding carboxylic acids is 1. The van der Waals surface area contributed by atoms with E-state index < -0.39 is 4.92 Å². The normalized spacial score (nSPS) is 11.2. The van der Waals surface area contributed by atoms with Crippen molar-refractivity contribution < 1.29 is 9.72 Å². The topological polar surface area (TPSA) is 79.6 Å². The zero-order chi connectivity index (χ0) is 21.7. The van der Waals surface area contributed by atoms with Crippen molar-refractivity contribution in [2.24, 2.45) is 0 Å². The summed E-state index contributed by atoms with van der Waals surface area (Å²) in [4.78, 5) is 32.8. The molecule has 0 bridgehead atoms. The van der Waals surface area contributed by atoms with E-state index in [4.69, 9.17) is 0 Å². The molecule has 2 aromatic heterocycles. The fourth-order valence-corrected chi connectivity index (χ4v) is 4.81. The second-order valence-electron chi connectivity index (χ2n) is 6.75. The van der Waals surface area contributed by atoms with Crippen LogP contribution in [0.25, 0.3) is 16.3 Å². The lowest BCUT2D eigenvalue weighted by atomic mass is 10.2. The molecule has 166 valence electrons. The highest BCUT2D eigenvalue weighted by Gasteiger charge is 2.19. The molecular formula is C21H25ClN4O3S2. The lowest BCUT2D eigenvalue weighted by molar-refractivity contribution is -0.380. The summed E-state index contributed by atoms with van der Waals surface area (Å²) in [6.07, 6.45) is 3.09. The summed E-state index contributed by atoms with van der Waals surface area (Å²) in [5, 5.41) is 11.6. The molecule has 0 fully saturated rings. The predicted molar refractivity (Wildman–Crippen MR) is 132 cm³/mol. The molecule has 0 aliphatic heterocycles. The van der Waals surface area contributed by atoms with E-state index in [0.717, 1.165) is 46.8 Å². The Morgan fingerprint density at radius 2 is 1.90 bits per heavy atom. The Bertz CT molecular complexity index is 1080. The lowest BCUT2D eigenvalue weighted by Gasteiger charge is -2.23. The van der Waals surface area contributed by atoms with Crippen LogP contribution in [0.1, 0.15) is 24.3 Å². The van der Waals surface area contributed by atoms with Crippen molar-refractivity contribution in [3.8, 4) is 0 Å². The van der Waals surface area contributed by atoms with Gasteiger partial charge < -0.3 is 4.90 Å². The van der Waals surface area contributed by atoms with E-state index in [1.54, 1.807) is 17.0 Å². The maximum absolute atomic E-state index is 13.0. The Labute approximate surface area is 195 Å². The zero-order valence-corrected chi connectivity index (χ0v) is 20.1. The monoisotopic (exact) mass is 480 g/mol. The zero-order valence-electron chi connectivity index (χ0n) is 17.6. The highest BCUT2D eigenvalue weighted by molar-refractivity contribution is 7.22. The van der Waals surface area contributed by atoms with Crippen molar-refractivity contribution in [1.29, 1.82) is 0 Å². The van der Waals surface area contributed by atoms with Crippen molar-refractivity contribution in [1.82, 2.24) is 9.88 Å². The van der Waals surface area contributed by atoms with Crippen LogP contribution >= 0.6 is 35.1 Å². The van der Waals surface area contributed by atoms with Crippen LogP contribution < -0.4 is 4.90 Å². The van der Waals surface area contributed by atoms with Gasteiger partial charge in [0.2, 0.25) is 0 Å². The van der Waals surface area contributed by atoms with Crippen molar-refractivity contribution in [2.75, 3.05) is 31.1 Å². The molecule has 0 N–H and O–H groups in total. The van der Waals surface area contributed by atoms with Crippen LogP contribution in [0.2, 0.25) is 0 Å². The molecule has 7 nitrogen and oxygen atoms in total. The largest absolute Gasteiger partial charge is 0.324 e. The van der Waals surface area contributed by atoms with Gasteiger partial charge in [0.15, 0.2) is 5.13 Å². The summed E-state index contributed by atoms with van der Waals surface area (Å²) < 4.78 is 1.04. The Hall–Kier alpha value is -2.33. The van der Waals surface area contributed by atoms with Gasteiger partial charge in [0, 0.05) is 30.1 Å². The summed E-state index contributed by atoms with van der Waals surface area (Å²) in [5.41, 5.74) is 2.03. The molecule has 3 aromatic rings. The third-order valence-corrected chi connectivity index (χ3v) is 6.79.